The third-order valence-electron chi connectivity index (χ3n) is 6.02. The molecule has 1 heterocycles. The van der Waals surface area contributed by atoms with E-state index in [2.05, 4.69) is 5.32 Å². The highest BCUT2D eigenvalue weighted by Crippen LogP contribution is 2.43. The molecule has 5 nitrogen and oxygen atoms in total. The van der Waals surface area contributed by atoms with Gasteiger partial charge in [-0.2, -0.15) is 0 Å². The van der Waals surface area contributed by atoms with Crippen LogP contribution in [0.25, 0.3) is 0 Å². The van der Waals surface area contributed by atoms with Crippen LogP contribution in [0.2, 0.25) is 0 Å². The van der Waals surface area contributed by atoms with Gasteiger partial charge in [0.05, 0.1) is 18.7 Å². The average molecular weight is 461 g/mol. The first-order chi connectivity index (χ1) is 17.2. The highest BCUT2D eigenvalue weighted by Gasteiger charge is 2.44. The van der Waals surface area contributed by atoms with E-state index in [9.17, 15) is 9.59 Å². The molecule has 35 heavy (non-hydrogen) atoms. The van der Waals surface area contributed by atoms with Gasteiger partial charge in [0.1, 0.15) is 11.4 Å². The van der Waals surface area contributed by atoms with Crippen LogP contribution in [-0.2, 0) is 4.79 Å². The van der Waals surface area contributed by atoms with Crippen LogP contribution in [0.5, 0.6) is 5.75 Å². The van der Waals surface area contributed by atoms with Gasteiger partial charge in [0.25, 0.3) is 5.91 Å². The van der Waals surface area contributed by atoms with Gasteiger partial charge in [0.15, 0.2) is 5.78 Å². The second-order valence-corrected chi connectivity index (χ2v) is 8.16. The van der Waals surface area contributed by atoms with Gasteiger partial charge in [-0.25, -0.2) is 0 Å². The first-order valence-electron chi connectivity index (χ1n) is 11.4. The van der Waals surface area contributed by atoms with Gasteiger partial charge in [-0.1, -0.05) is 78.9 Å². The Bertz CT molecular complexity index is 1370. The van der Waals surface area contributed by atoms with Gasteiger partial charge >= 0.3 is 0 Å². The summed E-state index contributed by atoms with van der Waals surface area (Å²) in [5.74, 6) is 0.240. The minimum atomic E-state index is -0.616. The second-order valence-electron chi connectivity index (χ2n) is 8.16. The lowest BCUT2D eigenvalue weighted by molar-refractivity contribution is -0.114. The number of amides is 1. The fraction of sp³-hybridized carbons (Fsp3) is 0.0667. The van der Waals surface area contributed by atoms with E-state index in [0.717, 1.165) is 11.3 Å². The summed E-state index contributed by atoms with van der Waals surface area (Å²) in [7, 11) is 1.61. The smallest absolute Gasteiger partial charge is 0.276 e. The third-order valence-corrected chi connectivity index (χ3v) is 6.02. The van der Waals surface area contributed by atoms with E-state index in [1.54, 1.807) is 24.1 Å². The molecule has 5 rings (SSSR count). The van der Waals surface area contributed by atoms with E-state index in [-0.39, 0.29) is 17.4 Å². The number of methoxy groups -OCH3 is 1. The zero-order valence-corrected chi connectivity index (χ0v) is 19.2. The van der Waals surface area contributed by atoms with Crippen LogP contribution in [0.4, 0.5) is 11.4 Å². The van der Waals surface area contributed by atoms with Crippen LogP contribution in [0.3, 0.4) is 0 Å². The number of carbonyl (C=O) groups excluding carboxylic acids is 2. The Hall–Kier alpha value is -4.64. The van der Waals surface area contributed by atoms with Gasteiger partial charge in [-0.15, -0.1) is 0 Å². The van der Waals surface area contributed by atoms with Gasteiger partial charge in [-0.3, -0.25) is 14.5 Å². The number of ether oxygens (including phenoxy) is 1. The lowest BCUT2D eigenvalue weighted by Crippen LogP contribution is -2.31. The molecule has 172 valence electrons. The number of Topliss-reactive ketones (excluding diaryl/α,β-unsaturated/α-hetero) is 1. The molecule has 1 unspecified atom stereocenters. The van der Waals surface area contributed by atoms with Gasteiger partial charge < -0.3 is 10.1 Å². The molecule has 0 aliphatic carbocycles. The van der Waals surface area contributed by atoms with Crippen LogP contribution < -0.4 is 15.0 Å². The molecule has 0 spiro atoms. The molecule has 4 aromatic carbocycles. The van der Waals surface area contributed by atoms with Crippen molar-refractivity contribution in [2.75, 3.05) is 17.3 Å². The first-order valence-corrected chi connectivity index (χ1v) is 11.4. The van der Waals surface area contributed by atoms with Crippen molar-refractivity contribution in [1.29, 1.82) is 0 Å². The number of nitrogens with zero attached hydrogens (tertiary/aromatic N) is 1. The predicted octanol–water partition coefficient (Wildman–Crippen LogP) is 6.03. The van der Waals surface area contributed by atoms with Crippen molar-refractivity contribution < 1.29 is 14.3 Å². The lowest BCUT2D eigenvalue weighted by Gasteiger charge is -2.27. The SMILES string of the molecule is COc1ccc(C2C(C(=O)c3ccccc3)=C(Nc3ccccc3)C(=O)N2c2ccccc2)cc1. The number of anilines is 2. The van der Waals surface area contributed by atoms with E-state index < -0.39 is 6.04 Å². The molecule has 5 heteroatoms. The summed E-state index contributed by atoms with van der Waals surface area (Å²) >= 11 is 0. The van der Waals surface area contributed by atoms with Crippen molar-refractivity contribution in [2.45, 2.75) is 6.04 Å². The number of nitrogens with one attached hydrogen (secondary N) is 1. The Morgan fingerprint density at radius 2 is 1.34 bits per heavy atom. The number of benzene rings is 4. The van der Waals surface area contributed by atoms with Crippen LogP contribution in [0, 0.1) is 0 Å². The van der Waals surface area contributed by atoms with Crippen molar-refractivity contribution in [1.82, 2.24) is 0 Å². The third kappa shape index (κ3) is 4.32. The number of ketones is 1. The van der Waals surface area contributed by atoms with Crippen LogP contribution in [0.1, 0.15) is 22.0 Å². The first kappa shape index (κ1) is 22.2. The van der Waals surface area contributed by atoms with E-state index >= 15 is 0 Å². The lowest BCUT2D eigenvalue weighted by atomic mass is 9.92. The maximum Gasteiger partial charge on any atom is 0.276 e. The Kier molecular flexibility index (Phi) is 6.14. The second kappa shape index (κ2) is 9.69. The zero-order valence-electron chi connectivity index (χ0n) is 19.2. The van der Waals surface area contributed by atoms with E-state index in [4.69, 9.17) is 4.74 Å². The molecule has 1 N–H and O–H groups in total. The molecule has 0 aromatic heterocycles. The molecular weight excluding hydrogens is 436 g/mol. The summed E-state index contributed by atoms with van der Waals surface area (Å²) in [5, 5.41) is 3.26. The summed E-state index contributed by atoms with van der Waals surface area (Å²) in [6, 6.07) is 34.8. The molecule has 0 saturated heterocycles. The fourth-order valence-corrected chi connectivity index (χ4v) is 4.34. The average Bonchev–Trinajstić information content (AvgIpc) is 3.21. The Balaban J connectivity index is 1.72. The zero-order chi connectivity index (χ0) is 24.2. The summed E-state index contributed by atoms with van der Waals surface area (Å²) in [6.45, 7) is 0. The van der Waals surface area contributed by atoms with Crippen molar-refractivity contribution in [3.8, 4) is 5.75 Å². The molecule has 0 saturated carbocycles. The Morgan fingerprint density at radius 1 is 0.771 bits per heavy atom. The number of para-hydroxylation sites is 2. The standard InChI is InChI=1S/C30H24N2O3/c1-35-25-19-17-21(18-20-25)28-26(29(33)22-11-5-2-6-12-22)27(31-23-13-7-3-8-14-23)30(34)32(28)24-15-9-4-10-16-24/h2-20,28,31H,1H3. The molecule has 1 amide bonds. The number of hydrogen-bond donors (Lipinski definition) is 1. The van der Waals surface area contributed by atoms with Crippen molar-refractivity contribution in [3.05, 3.63) is 138 Å². The molecule has 4 aromatic rings. The predicted molar refractivity (Wildman–Crippen MR) is 138 cm³/mol. The van der Waals surface area contributed by atoms with Gasteiger partial charge in [0.2, 0.25) is 0 Å². The number of hydrogen-bond acceptors (Lipinski definition) is 4. The molecule has 1 atom stereocenters. The number of rotatable bonds is 7. The maximum absolute atomic E-state index is 14.0. The largest absolute Gasteiger partial charge is 0.497 e. The highest BCUT2D eigenvalue weighted by molar-refractivity contribution is 6.23. The van der Waals surface area contributed by atoms with Crippen molar-refractivity contribution in [3.63, 3.8) is 0 Å². The molecular formula is C30H24N2O3. The maximum atomic E-state index is 14.0. The van der Waals surface area contributed by atoms with E-state index in [0.29, 0.717) is 22.6 Å². The van der Waals surface area contributed by atoms with E-state index in [1.807, 2.05) is 103 Å². The molecule has 1 aliphatic rings. The van der Waals surface area contributed by atoms with Crippen molar-refractivity contribution >= 4 is 23.1 Å². The highest BCUT2D eigenvalue weighted by atomic mass is 16.5. The topological polar surface area (TPSA) is 58.6 Å². The summed E-state index contributed by atoms with van der Waals surface area (Å²) in [6.07, 6.45) is 0. The molecule has 0 radical (unpaired) electrons. The summed E-state index contributed by atoms with van der Waals surface area (Å²) < 4.78 is 5.34. The van der Waals surface area contributed by atoms with Crippen LogP contribution >= 0.6 is 0 Å². The van der Waals surface area contributed by atoms with Crippen LogP contribution in [-0.4, -0.2) is 18.8 Å². The van der Waals surface area contributed by atoms with Gasteiger partial charge in [-0.05, 0) is 42.0 Å². The summed E-state index contributed by atoms with van der Waals surface area (Å²) in [5.41, 5.74) is 3.45. The Morgan fingerprint density at radius 3 is 1.94 bits per heavy atom. The van der Waals surface area contributed by atoms with Crippen molar-refractivity contribution in [2.24, 2.45) is 0 Å². The molecule has 0 fully saturated rings. The van der Waals surface area contributed by atoms with Crippen LogP contribution in [0.15, 0.2) is 127 Å². The quantitative estimate of drug-likeness (QED) is 0.342. The molecule has 1 aliphatic heterocycles. The minimum absolute atomic E-state index is 0.198. The minimum Gasteiger partial charge on any atom is -0.497 e. The normalized spacial score (nSPS) is 15.3. The van der Waals surface area contributed by atoms with E-state index in [1.165, 1.54) is 0 Å². The monoisotopic (exact) mass is 460 g/mol. The fourth-order valence-electron chi connectivity index (χ4n) is 4.34. The van der Waals surface area contributed by atoms with Gasteiger partial charge in [0, 0.05) is 16.9 Å². The molecule has 0 bridgehead atoms. The summed E-state index contributed by atoms with van der Waals surface area (Å²) in [4.78, 5) is 29.7. The number of carbonyl (C=O) groups is 2. The Labute approximate surface area is 204 Å².